The molecule has 0 saturated carbocycles. The summed E-state index contributed by atoms with van der Waals surface area (Å²) in [5.74, 6) is 0. The van der Waals surface area contributed by atoms with Crippen molar-refractivity contribution < 1.29 is 8.42 Å². The van der Waals surface area contributed by atoms with Crippen molar-refractivity contribution >= 4 is 33.0 Å². The van der Waals surface area contributed by atoms with E-state index >= 15 is 0 Å². The van der Waals surface area contributed by atoms with Crippen molar-refractivity contribution in [2.75, 3.05) is 11.4 Å². The SMILES string of the molecule is O=S(=O)(c1ccccc1)N1N=C(c2ccc(Cl)cc2)CN(c2ccccc2)C1c1ccccc1. The molecular formula is C27H22ClN3O2S. The molecule has 7 heteroatoms. The van der Waals surface area contributed by atoms with E-state index in [-0.39, 0.29) is 4.90 Å². The second-order valence-corrected chi connectivity index (χ2v) is 10.1. The third-order valence-corrected chi connectivity index (χ3v) is 7.59. The maximum absolute atomic E-state index is 13.9. The van der Waals surface area contributed by atoms with Crippen LogP contribution < -0.4 is 4.90 Å². The van der Waals surface area contributed by atoms with E-state index in [2.05, 4.69) is 4.90 Å². The van der Waals surface area contributed by atoms with Crippen LogP contribution in [0.4, 0.5) is 5.69 Å². The maximum Gasteiger partial charge on any atom is 0.281 e. The second-order valence-electron chi connectivity index (χ2n) is 7.89. The minimum absolute atomic E-state index is 0.185. The van der Waals surface area contributed by atoms with Gasteiger partial charge in [0, 0.05) is 10.7 Å². The van der Waals surface area contributed by atoms with Crippen LogP contribution in [0, 0.1) is 0 Å². The van der Waals surface area contributed by atoms with Crippen LogP contribution in [0.25, 0.3) is 0 Å². The Morgan fingerprint density at radius 3 is 1.91 bits per heavy atom. The van der Waals surface area contributed by atoms with Gasteiger partial charge in [-0.15, -0.1) is 0 Å². The van der Waals surface area contributed by atoms with Crippen molar-refractivity contribution in [3.05, 3.63) is 131 Å². The van der Waals surface area contributed by atoms with E-state index in [1.807, 2.05) is 72.8 Å². The number of anilines is 1. The molecule has 0 N–H and O–H groups in total. The van der Waals surface area contributed by atoms with Crippen LogP contribution in [-0.2, 0) is 10.0 Å². The normalized spacial score (nSPS) is 16.3. The zero-order valence-electron chi connectivity index (χ0n) is 18.2. The molecule has 0 spiro atoms. The Morgan fingerprint density at radius 2 is 1.29 bits per heavy atom. The van der Waals surface area contributed by atoms with Crippen molar-refractivity contribution in [2.45, 2.75) is 11.1 Å². The molecule has 4 aromatic carbocycles. The lowest BCUT2D eigenvalue weighted by Crippen LogP contribution is -2.49. The molecule has 1 atom stereocenters. The van der Waals surface area contributed by atoms with E-state index in [1.165, 1.54) is 4.41 Å². The second kappa shape index (κ2) is 9.33. The van der Waals surface area contributed by atoms with Crippen LogP contribution in [0.1, 0.15) is 17.3 Å². The van der Waals surface area contributed by atoms with Gasteiger partial charge in [0.25, 0.3) is 10.0 Å². The molecule has 170 valence electrons. The number of hydrogen-bond acceptors (Lipinski definition) is 4. The summed E-state index contributed by atoms with van der Waals surface area (Å²) in [7, 11) is -3.97. The van der Waals surface area contributed by atoms with Gasteiger partial charge in [-0.1, -0.05) is 90.5 Å². The summed E-state index contributed by atoms with van der Waals surface area (Å²) in [6.07, 6.45) is -0.662. The van der Waals surface area contributed by atoms with Gasteiger partial charge in [-0.25, -0.2) is 0 Å². The van der Waals surface area contributed by atoms with Gasteiger partial charge >= 0.3 is 0 Å². The van der Waals surface area contributed by atoms with Gasteiger partial charge in [0.1, 0.15) is 0 Å². The Balaban J connectivity index is 1.73. The molecule has 5 rings (SSSR count). The average molecular weight is 488 g/mol. The van der Waals surface area contributed by atoms with E-state index in [0.717, 1.165) is 16.8 Å². The lowest BCUT2D eigenvalue weighted by Gasteiger charge is -2.43. The van der Waals surface area contributed by atoms with Crippen LogP contribution in [0.3, 0.4) is 0 Å². The van der Waals surface area contributed by atoms with Crippen molar-refractivity contribution in [3.8, 4) is 0 Å². The molecule has 5 nitrogen and oxygen atoms in total. The summed E-state index contributed by atoms with van der Waals surface area (Å²) in [4.78, 5) is 2.25. The smallest absolute Gasteiger partial charge is 0.281 e. The number of sulfonamides is 1. The van der Waals surface area contributed by atoms with Gasteiger partial charge in [-0.2, -0.15) is 17.9 Å². The van der Waals surface area contributed by atoms with Crippen LogP contribution >= 0.6 is 11.6 Å². The molecule has 0 aliphatic carbocycles. The molecule has 0 saturated heterocycles. The molecule has 4 aromatic rings. The highest BCUT2D eigenvalue weighted by molar-refractivity contribution is 7.89. The summed E-state index contributed by atoms with van der Waals surface area (Å²) in [5, 5.41) is 5.35. The quantitative estimate of drug-likeness (QED) is 0.349. The molecule has 0 bridgehead atoms. The van der Waals surface area contributed by atoms with Gasteiger partial charge < -0.3 is 4.90 Å². The molecule has 1 aliphatic heterocycles. The largest absolute Gasteiger partial charge is 0.339 e. The van der Waals surface area contributed by atoms with E-state index in [0.29, 0.717) is 17.3 Å². The van der Waals surface area contributed by atoms with Gasteiger partial charge in [0.05, 0.1) is 17.2 Å². The Hall–Kier alpha value is -3.61. The number of benzene rings is 4. The first-order valence-electron chi connectivity index (χ1n) is 10.8. The highest BCUT2D eigenvalue weighted by Crippen LogP contribution is 2.37. The highest BCUT2D eigenvalue weighted by atomic mass is 35.5. The summed E-state index contributed by atoms with van der Waals surface area (Å²) in [6.45, 7) is 0.423. The Kier molecular flexibility index (Phi) is 6.09. The molecule has 1 heterocycles. The molecular weight excluding hydrogens is 466 g/mol. The monoisotopic (exact) mass is 487 g/mol. The molecule has 0 amide bonds. The Bertz CT molecular complexity index is 1390. The maximum atomic E-state index is 13.9. The van der Waals surface area contributed by atoms with Gasteiger partial charge in [0.15, 0.2) is 6.17 Å². The first-order valence-corrected chi connectivity index (χ1v) is 12.7. The van der Waals surface area contributed by atoms with Crippen molar-refractivity contribution in [1.82, 2.24) is 4.41 Å². The lowest BCUT2D eigenvalue weighted by atomic mass is 10.1. The summed E-state index contributed by atoms with van der Waals surface area (Å²) >= 11 is 6.10. The van der Waals surface area contributed by atoms with E-state index in [9.17, 15) is 8.42 Å². The van der Waals surface area contributed by atoms with E-state index < -0.39 is 16.2 Å². The third kappa shape index (κ3) is 4.30. The zero-order valence-corrected chi connectivity index (χ0v) is 19.8. The third-order valence-electron chi connectivity index (χ3n) is 5.69. The van der Waals surface area contributed by atoms with E-state index in [4.69, 9.17) is 16.7 Å². The fourth-order valence-electron chi connectivity index (χ4n) is 4.03. The topological polar surface area (TPSA) is 53.0 Å². The van der Waals surface area contributed by atoms with Crippen LogP contribution in [0.5, 0.6) is 0 Å². The van der Waals surface area contributed by atoms with Gasteiger partial charge in [-0.05, 0) is 47.5 Å². The fraction of sp³-hybridized carbons (Fsp3) is 0.0741. The highest BCUT2D eigenvalue weighted by Gasteiger charge is 2.40. The number of halogens is 1. The zero-order chi connectivity index (χ0) is 23.5. The van der Waals surface area contributed by atoms with Crippen molar-refractivity contribution in [2.24, 2.45) is 5.10 Å². The Labute approximate surface area is 204 Å². The number of hydrazone groups is 1. The molecule has 1 aliphatic rings. The van der Waals surface area contributed by atoms with Crippen LogP contribution in [0.15, 0.2) is 125 Å². The van der Waals surface area contributed by atoms with E-state index in [1.54, 1.807) is 42.5 Å². The Morgan fingerprint density at radius 1 is 0.735 bits per heavy atom. The standard InChI is InChI=1S/C27H22ClN3O2S/c28-23-18-16-21(17-19-23)26-20-30(24-12-6-2-7-13-24)27(22-10-4-1-5-11-22)31(29-26)34(32,33)25-14-8-3-9-15-25/h1-19,27H,20H2. The molecule has 1 unspecified atom stereocenters. The molecule has 34 heavy (non-hydrogen) atoms. The van der Waals surface area contributed by atoms with Crippen LogP contribution in [-0.4, -0.2) is 25.1 Å². The predicted octanol–water partition coefficient (Wildman–Crippen LogP) is 5.95. The number of hydrogen-bond donors (Lipinski definition) is 0. The number of nitrogens with zero attached hydrogens (tertiary/aromatic N) is 3. The summed E-state index contributed by atoms with van der Waals surface area (Å²) < 4.78 is 29.1. The summed E-state index contributed by atoms with van der Waals surface area (Å²) in [5.41, 5.74) is 3.16. The van der Waals surface area contributed by atoms with Crippen molar-refractivity contribution in [3.63, 3.8) is 0 Å². The first-order chi connectivity index (χ1) is 16.5. The predicted molar refractivity (Wildman–Crippen MR) is 136 cm³/mol. The lowest BCUT2D eigenvalue weighted by molar-refractivity contribution is 0.317. The molecule has 0 fully saturated rings. The number of para-hydroxylation sites is 1. The van der Waals surface area contributed by atoms with Gasteiger partial charge in [-0.3, -0.25) is 0 Å². The van der Waals surface area contributed by atoms with Crippen molar-refractivity contribution in [1.29, 1.82) is 0 Å². The average Bonchev–Trinajstić information content (AvgIpc) is 2.90. The fourth-order valence-corrected chi connectivity index (χ4v) is 5.58. The van der Waals surface area contributed by atoms with Gasteiger partial charge in [0.2, 0.25) is 0 Å². The van der Waals surface area contributed by atoms with Crippen LogP contribution in [0.2, 0.25) is 5.02 Å². The first kappa shape index (κ1) is 22.2. The molecule has 0 radical (unpaired) electrons. The summed E-state index contributed by atoms with van der Waals surface area (Å²) in [6, 6.07) is 35.1. The minimum Gasteiger partial charge on any atom is -0.339 e. The minimum atomic E-state index is -3.97. The number of rotatable bonds is 5. The molecule has 0 aromatic heterocycles.